The van der Waals surface area contributed by atoms with Crippen molar-refractivity contribution in [1.29, 1.82) is 0 Å². The number of nitrogen functional groups attached to an aromatic ring is 1. The van der Waals surface area contributed by atoms with Gasteiger partial charge in [0.2, 0.25) is 5.78 Å². The Morgan fingerprint density at radius 3 is 2.57 bits per heavy atom. The molecule has 0 aliphatic rings. The molecule has 0 atom stereocenters. The number of hydrogen-bond donors (Lipinski definition) is 1. The number of benzene rings is 1. The highest BCUT2D eigenvalue weighted by molar-refractivity contribution is 7.10. The largest absolute Gasteiger partial charge is 0.387 e. The van der Waals surface area contributed by atoms with E-state index in [9.17, 15) is 4.79 Å². The molecule has 0 saturated heterocycles. The Balaban J connectivity index is 2.39. The molecule has 2 N–H and O–H groups in total. The Morgan fingerprint density at radius 1 is 1.29 bits per heavy atom. The quantitative estimate of drug-likeness (QED) is 0.751. The van der Waals surface area contributed by atoms with Crippen molar-refractivity contribution in [3.05, 3.63) is 41.6 Å². The van der Waals surface area contributed by atoms with E-state index in [0.717, 1.165) is 11.5 Å². The van der Waals surface area contributed by atoms with Crippen molar-refractivity contribution in [3.63, 3.8) is 0 Å². The fourth-order valence-corrected chi connectivity index (χ4v) is 1.51. The van der Waals surface area contributed by atoms with Crippen molar-refractivity contribution in [2.24, 2.45) is 0 Å². The van der Waals surface area contributed by atoms with Crippen molar-refractivity contribution in [1.82, 2.24) is 9.59 Å². The molecule has 0 fully saturated rings. The van der Waals surface area contributed by atoms with Crippen LogP contribution in [0.5, 0.6) is 0 Å². The van der Waals surface area contributed by atoms with Gasteiger partial charge in [-0.15, -0.1) is 5.10 Å². The molecule has 0 saturated carbocycles. The van der Waals surface area contributed by atoms with Crippen LogP contribution in [0.3, 0.4) is 0 Å². The summed E-state index contributed by atoms with van der Waals surface area (Å²) in [6.45, 7) is 0. The van der Waals surface area contributed by atoms with Gasteiger partial charge in [0.25, 0.3) is 0 Å². The van der Waals surface area contributed by atoms with Crippen molar-refractivity contribution in [2.45, 2.75) is 0 Å². The predicted octanol–water partition coefficient (Wildman–Crippen LogP) is 1.35. The maximum absolute atomic E-state index is 11.8. The normalized spacial score (nSPS) is 10.0. The van der Waals surface area contributed by atoms with Crippen LogP contribution in [0.2, 0.25) is 0 Å². The summed E-state index contributed by atoms with van der Waals surface area (Å²) < 4.78 is 3.61. The van der Waals surface area contributed by atoms with E-state index in [1.807, 2.05) is 6.07 Å². The molecule has 70 valence electrons. The van der Waals surface area contributed by atoms with Crippen molar-refractivity contribution < 1.29 is 4.79 Å². The number of ketones is 1. The zero-order chi connectivity index (χ0) is 9.97. The minimum atomic E-state index is -0.183. The SMILES string of the molecule is Nc1snnc1C(=O)c1ccccc1. The number of carbonyl (C=O) groups is 1. The average Bonchev–Trinajstić information content (AvgIpc) is 2.65. The molecule has 0 unspecified atom stereocenters. The molecule has 0 radical (unpaired) electrons. The molecule has 0 spiro atoms. The van der Waals surface area contributed by atoms with Gasteiger partial charge in [0.1, 0.15) is 5.00 Å². The van der Waals surface area contributed by atoms with Gasteiger partial charge in [-0.1, -0.05) is 34.8 Å². The van der Waals surface area contributed by atoms with Crippen molar-refractivity contribution >= 4 is 22.3 Å². The summed E-state index contributed by atoms with van der Waals surface area (Å²) >= 11 is 1.02. The fraction of sp³-hybridized carbons (Fsp3) is 0. The molecule has 1 aromatic carbocycles. The minimum Gasteiger partial charge on any atom is -0.387 e. The van der Waals surface area contributed by atoms with Crippen LogP contribution in [0.15, 0.2) is 30.3 Å². The fourth-order valence-electron chi connectivity index (χ4n) is 1.08. The Bertz CT molecular complexity index is 452. The number of hydrogen-bond acceptors (Lipinski definition) is 5. The number of rotatable bonds is 2. The van der Waals surface area contributed by atoms with Crippen LogP contribution in [0.4, 0.5) is 5.00 Å². The van der Waals surface area contributed by atoms with E-state index in [0.29, 0.717) is 10.6 Å². The lowest BCUT2D eigenvalue weighted by Crippen LogP contribution is -2.04. The molecule has 2 aromatic rings. The second kappa shape index (κ2) is 3.55. The first-order valence-corrected chi connectivity index (χ1v) is 4.74. The smallest absolute Gasteiger partial charge is 0.216 e. The Morgan fingerprint density at radius 2 is 2.00 bits per heavy atom. The summed E-state index contributed by atoms with van der Waals surface area (Å²) in [5.41, 5.74) is 6.36. The molecule has 0 bridgehead atoms. The summed E-state index contributed by atoms with van der Waals surface area (Å²) in [7, 11) is 0. The van der Waals surface area contributed by atoms with Gasteiger partial charge in [0.05, 0.1) is 0 Å². The monoisotopic (exact) mass is 205 g/mol. The first-order valence-electron chi connectivity index (χ1n) is 3.96. The van der Waals surface area contributed by atoms with E-state index in [4.69, 9.17) is 5.73 Å². The third-order valence-corrected chi connectivity index (χ3v) is 2.32. The van der Waals surface area contributed by atoms with Crippen LogP contribution in [-0.2, 0) is 0 Å². The lowest BCUT2D eigenvalue weighted by Gasteiger charge is -1.96. The topological polar surface area (TPSA) is 68.9 Å². The summed E-state index contributed by atoms with van der Waals surface area (Å²) in [6.07, 6.45) is 0. The number of nitrogens with zero attached hydrogens (tertiary/aromatic N) is 2. The molecular weight excluding hydrogens is 198 g/mol. The molecule has 0 aliphatic heterocycles. The van der Waals surface area contributed by atoms with Crippen LogP contribution in [0.25, 0.3) is 0 Å². The highest BCUT2D eigenvalue weighted by atomic mass is 32.1. The molecule has 0 aliphatic carbocycles. The number of anilines is 1. The van der Waals surface area contributed by atoms with Crippen molar-refractivity contribution in [3.8, 4) is 0 Å². The van der Waals surface area contributed by atoms with Gasteiger partial charge in [0.15, 0.2) is 5.69 Å². The number of aromatic nitrogens is 2. The molecular formula is C9H7N3OS. The zero-order valence-corrected chi connectivity index (χ0v) is 7.99. The van der Waals surface area contributed by atoms with E-state index in [-0.39, 0.29) is 11.5 Å². The summed E-state index contributed by atoms with van der Waals surface area (Å²) in [5, 5.41) is 4.05. The predicted molar refractivity (Wildman–Crippen MR) is 54.2 cm³/mol. The van der Waals surface area contributed by atoms with Gasteiger partial charge in [-0.05, 0) is 0 Å². The summed E-state index contributed by atoms with van der Waals surface area (Å²) in [6, 6.07) is 8.88. The third-order valence-electron chi connectivity index (χ3n) is 1.76. The van der Waals surface area contributed by atoms with Crippen LogP contribution < -0.4 is 5.73 Å². The average molecular weight is 205 g/mol. The third kappa shape index (κ3) is 1.49. The van der Waals surface area contributed by atoms with E-state index in [1.54, 1.807) is 24.3 Å². The first kappa shape index (κ1) is 8.83. The molecule has 0 amide bonds. The van der Waals surface area contributed by atoms with Crippen LogP contribution in [0.1, 0.15) is 16.1 Å². The second-order valence-electron chi connectivity index (χ2n) is 2.68. The molecule has 1 aromatic heterocycles. The highest BCUT2D eigenvalue weighted by Gasteiger charge is 2.15. The highest BCUT2D eigenvalue weighted by Crippen LogP contribution is 2.16. The van der Waals surface area contributed by atoms with Gasteiger partial charge in [-0.25, -0.2) is 0 Å². The first-order chi connectivity index (χ1) is 6.79. The van der Waals surface area contributed by atoms with Gasteiger partial charge >= 0.3 is 0 Å². The lowest BCUT2D eigenvalue weighted by molar-refractivity contribution is 0.103. The van der Waals surface area contributed by atoms with Gasteiger partial charge < -0.3 is 5.73 Å². The molecule has 2 rings (SSSR count). The van der Waals surface area contributed by atoms with Crippen LogP contribution in [-0.4, -0.2) is 15.4 Å². The molecule has 4 nitrogen and oxygen atoms in total. The van der Waals surface area contributed by atoms with Gasteiger partial charge in [-0.3, -0.25) is 4.79 Å². The zero-order valence-electron chi connectivity index (χ0n) is 7.18. The van der Waals surface area contributed by atoms with E-state index >= 15 is 0 Å². The number of nitrogens with two attached hydrogens (primary N) is 1. The Kier molecular flexibility index (Phi) is 2.24. The van der Waals surface area contributed by atoms with Crippen LogP contribution in [0, 0.1) is 0 Å². The lowest BCUT2D eigenvalue weighted by atomic mass is 10.1. The summed E-state index contributed by atoms with van der Waals surface area (Å²) in [5.74, 6) is -0.183. The second-order valence-corrected chi connectivity index (χ2v) is 3.47. The van der Waals surface area contributed by atoms with Gasteiger partial charge in [-0.2, -0.15) is 0 Å². The molecule has 1 heterocycles. The van der Waals surface area contributed by atoms with Crippen molar-refractivity contribution in [2.75, 3.05) is 5.73 Å². The number of carbonyl (C=O) groups excluding carboxylic acids is 1. The Labute approximate surface area is 84.5 Å². The molecule has 14 heavy (non-hydrogen) atoms. The Hall–Kier alpha value is -1.75. The standard InChI is InChI=1S/C9H7N3OS/c10-9-7(11-12-14-9)8(13)6-4-2-1-3-5-6/h1-5H,10H2. The van der Waals surface area contributed by atoms with E-state index < -0.39 is 0 Å². The van der Waals surface area contributed by atoms with E-state index in [2.05, 4.69) is 9.59 Å². The maximum Gasteiger partial charge on any atom is 0.216 e. The van der Waals surface area contributed by atoms with Crippen LogP contribution >= 0.6 is 11.5 Å². The van der Waals surface area contributed by atoms with E-state index in [1.165, 1.54) is 0 Å². The minimum absolute atomic E-state index is 0.183. The summed E-state index contributed by atoms with van der Waals surface area (Å²) in [4.78, 5) is 11.8. The maximum atomic E-state index is 11.8. The molecule has 5 heteroatoms. The van der Waals surface area contributed by atoms with Gasteiger partial charge in [0, 0.05) is 17.1 Å².